The van der Waals surface area contributed by atoms with E-state index in [1.807, 2.05) is 84.9 Å². The Morgan fingerprint density at radius 3 is 1.11 bits per heavy atom. The Hall–Kier alpha value is -5.94. The Kier molecular flexibility index (Phi) is 6.48. The zero-order valence-electron chi connectivity index (χ0n) is 20.2. The summed E-state index contributed by atoms with van der Waals surface area (Å²) in [5.41, 5.74) is 7.96. The van der Waals surface area contributed by atoms with E-state index in [1.165, 1.54) is 0 Å². The molecule has 0 spiro atoms. The van der Waals surface area contributed by atoms with Gasteiger partial charge in [-0.05, 0) is 57.6 Å². The Morgan fingerprint density at radius 1 is 0.421 bits per heavy atom. The third kappa shape index (κ3) is 4.17. The van der Waals surface area contributed by atoms with Crippen LogP contribution in [0.15, 0.2) is 109 Å². The first kappa shape index (κ1) is 23.8. The minimum atomic E-state index is 0.485. The number of benzene rings is 5. The van der Waals surface area contributed by atoms with E-state index in [4.69, 9.17) is 13.1 Å². The van der Waals surface area contributed by atoms with Crippen molar-refractivity contribution in [2.24, 2.45) is 0 Å². The normalized spacial score (nSPS) is 10.0. The second-order valence-electron chi connectivity index (χ2n) is 8.52. The standard InChI is InChI=1S/C34H18N4/c1-37-33-17-9-7-15-27(33)31-19-29(25-13-5-3-11-23(25)21-35)30(26-14-6-4-12-24(26)22-36)20-32(31)28-16-8-10-18-34(28)38-2/h3-20H. The van der Waals surface area contributed by atoms with Crippen molar-refractivity contribution in [2.75, 3.05) is 0 Å². The average Bonchev–Trinajstić information content (AvgIpc) is 3.00. The van der Waals surface area contributed by atoms with Gasteiger partial charge in [-0.1, -0.05) is 84.9 Å². The van der Waals surface area contributed by atoms with Crippen LogP contribution in [0.3, 0.4) is 0 Å². The number of hydrogen-bond donors (Lipinski definition) is 0. The number of hydrogen-bond acceptors (Lipinski definition) is 2. The summed E-state index contributed by atoms with van der Waals surface area (Å²) >= 11 is 0. The SMILES string of the molecule is [C-]#[N+]c1ccccc1-c1cc(-c2ccccc2C#N)c(-c2ccccc2C#N)cc1-c1ccccc1[N+]#[C-]. The lowest BCUT2D eigenvalue weighted by atomic mass is 9.83. The number of nitrogens with zero attached hydrogens (tertiary/aromatic N) is 4. The Bertz CT molecular complexity index is 1600. The lowest BCUT2D eigenvalue weighted by molar-refractivity contribution is 1.46. The summed E-state index contributed by atoms with van der Waals surface area (Å²) in [5.74, 6) is 0. The molecule has 0 saturated heterocycles. The first-order valence-electron chi connectivity index (χ1n) is 11.8. The molecule has 0 aliphatic heterocycles. The molecule has 0 radical (unpaired) electrons. The quantitative estimate of drug-likeness (QED) is 0.240. The van der Waals surface area contributed by atoms with Crippen molar-refractivity contribution in [1.82, 2.24) is 0 Å². The van der Waals surface area contributed by atoms with E-state index in [2.05, 4.69) is 21.8 Å². The van der Waals surface area contributed by atoms with Gasteiger partial charge in [-0.25, -0.2) is 9.69 Å². The second kappa shape index (κ2) is 10.4. The van der Waals surface area contributed by atoms with Crippen LogP contribution in [0.2, 0.25) is 0 Å². The summed E-state index contributed by atoms with van der Waals surface area (Å²) in [6, 6.07) is 38.0. The minimum Gasteiger partial charge on any atom is -0.238 e. The number of nitriles is 2. The Labute approximate surface area is 221 Å². The summed E-state index contributed by atoms with van der Waals surface area (Å²) in [4.78, 5) is 7.52. The molecule has 4 heteroatoms. The van der Waals surface area contributed by atoms with Crippen LogP contribution < -0.4 is 0 Å². The highest BCUT2D eigenvalue weighted by Crippen LogP contribution is 2.47. The van der Waals surface area contributed by atoms with Gasteiger partial charge in [0.05, 0.1) is 36.4 Å². The highest BCUT2D eigenvalue weighted by atomic mass is 14.7. The molecule has 0 saturated carbocycles. The first-order chi connectivity index (χ1) is 18.7. The molecule has 5 rings (SSSR count). The lowest BCUT2D eigenvalue weighted by Gasteiger charge is -2.20. The van der Waals surface area contributed by atoms with E-state index in [0.717, 1.165) is 44.5 Å². The molecule has 0 aliphatic rings. The predicted octanol–water partition coefficient (Wildman–Crippen LogP) is 9.20. The van der Waals surface area contributed by atoms with E-state index in [1.54, 1.807) is 24.3 Å². The van der Waals surface area contributed by atoms with Crippen molar-refractivity contribution in [2.45, 2.75) is 0 Å². The van der Waals surface area contributed by atoms with Gasteiger partial charge in [0.15, 0.2) is 11.4 Å². The number of para-hydroxylation sites is 2. The van der Waals surface area contributed by atoms with Crippen LogP contribution in [0.1, 0.15) is 11.1 Å². The molecule has 38 heavy (non-hydrogen) atoms. The maximum atomic E-state index is 9.94. The molecule has 174 valence electrons. The Morgan fingerprint density at radius 2 is 0.737 bits per heavy atom. The summed E-state index contributed by atoms with van der Waals surface area (Å²) in [6.45, 7) is 15.6. The van der Waals surface area contributed by atoms with E-state index in [0.29, 0.717) is 22.5 Å². The zero-order chi connectivity index (χ0) is 26.5. The third-order valence-electron chi connectivity index (χ3n) is 6.46. The van der Waals surface area contributed by atoms with Gasteiger partial charge in [-0.2, -0.15) is 10.5 Å². The molecule has 0 bridgehead atoms. The van der Waals surface area contributed by atoms with E-state index in [9.17, 15) is 10.5 Å². The van der Waals surface area contributed by atoms with E-state index < -0.39 is 0 Å². The van der Waals surface area contributed by atoms with Crippen LogP contribution in [0.25, 0.3) is 54.2 Å². The molecule has 5 aromatic rings. The summed E-state index contributed by atoms with van der Waals surface area (Å²) in [7, 11) is 0. The fourth-order valence-electron chi connectivity index (χ4n) is 4.72. The highest BCUT2D eigenvalue weighted by molar-refractivity contribution is 6.01. The van der Waals surface area contributed by atoms with Crippen molar-refractivity contribution < 1.29 is 0 Å². The zero-order valence-corrected chi connectivity index (χ0v) is 20.2. The van der Waals surface area contributed by atoms with Gasteiger partial charge in [0.25, 0.3) is 0 Å². The van der Waals surface area contributed by atoms with Crippen molar-refractivity contribution in [3.05, 3.63) is 143 Å². The predicted molar refractivity (Wildman–Crippen MR) is 150 cm³/mol. The van der Waals surface area contributed by atoms with Gasteiger partial charge in [-0.15, -0.1) is 0 Å². The van der Waals surface area contributed by atoms with E-state index >= 15 is 0 Å². The van der Waals surface area contributed by atoms with Crippen LogP contribution in [0.4, 0.5) is 11.4 Å². The van der Waals surface area contributed by atoms with Gasteiger partial charge in [0, 0.05) is 11.1 Å². The highest BCUT2D eigenvalue weighted by Gasteiger charge is 2.21. The number of rotatable bonds is 4. The van der Waals surface area contributed by atoms with Crippen molar-refractivity contribution in [3.8, 4) is 56.6 Å². The molecule has 0 aliphatic carbocycles. The van der Waals surface area contributed by atoms with Crippen molar-refractivity contribution >= 4 is 11.4 Å². The second-order valence-corrected chi connectivity index (χ2v) is 8.52. The maximum absolute atomic E-state index is 9.94. The smallest absolute Gasteiger partial charge is 0.194 e. The van der Waals surface area contributed by atoms with Crippen molar-refractivity contribution in [3.63, 3.8) is 0 Å². The molecular formula is C34H18N4. The summed E-state index contributed by atoms with van der Waals surface area (Å²) < 4.78 is 0. The molecule has 0 aromatic heterocycles. The van der Waals surface area contributed by atoms with Gasteiger partial charge in [0.1, 0.15) is 0 Å². The molecule has 0 atom stereocenters. The molecule has 0 fully saturated rings. The van der Waals surface area contributed by atoms with Crippen LogP contribution >= 0.6 is 0 Å². The van der Waals surface area contributed by atoms with Crippen LogP contribution in [-0.2, 0) is 0 Å². The van der Waals surface area contributed by atoms with Crippen LogP contribution in [0, 0.1) is 35.8 Å². The largest absolute Gasteiger partial charge is 0.238 e. The molecule has 0 N–H and O–H groups in total. The monoisotopic (exact) mass is 482 g/mol. The summed E-state index contributed by atoms with van der Waals surface area (Å²) in [5, 5.41) is 19.9. The minimum absolute atomic E-state index is 0.485. The molecule has 0 unspecified atom stereocenters. The summed E-state index contributed by atoms with van der Waals surface area (Å²) in [6.07, 6.45) is 0. The molecule has 0 heterocycles. The lowest BCUT2D eigenvalue weighted by Crippen LogP contribution is -1.95. The average molecular weight is 483 g/mol. The fourth-order valence-corrected chi connectivity index (χ4v) is 4.72. The maximum Gasteiger partial charge on any atom is 0.194 e. The first-order valence-corrected chi connectivity index (χ1v) is 11.8. The van der Waals surface area contributed by atoms with Crippen LogP contribution in [0.5, 0.6) is 0 Å². The van der Waals surface area contributed by atoms with Gasteiger partial charge in [-0.3, -0.25) is 0 Å². The fraction of sp³-hybridized carbons (Fsp3) is 0. The Balaban J connectivity index is 1.99. The van der Waals surface area contributed by atoms with Gasteiger partial charge in [0.2, 0.25) is 0 Å². The van der Waals surface area contributed by atoms with Gasteiger partial charge < -0.3 is 0 Å². The van der Waals surface area contributed by atoms with Crippen LogP contribution in [-0.4, -0.2) is 0 Å². The topological polar surface area (TPSA) is 56.3 Å². The molecule has 4 nitrogen and oxygen atoms in total. The third-order valence-corrected chi connectivity index (χ3v) is 6.46. The molecule has 5 aromatic carbocycles. The van der Waals surface area contributed by atoms with Gasteiger partial charge >= 0.3 is 0 Å². The van der Waals surface area contributed by atoms with E-state index in [-0.39, 0.29) is 0 Å². The molecule has 0 amide bonds. The molecular weight excluding hydrogens is 464 g/mol. The van der Waals surface area contributed by atoms with Crippen molar-refractivity contribution in [1.29, 1.82) is 10.5 Å².